The van der Waals surface area contributed by atoms with Crippen molar-refractivity contribution >= 4 is 0 Å². The van der Waals surface area contributed by atoms with Crippen LogP contribution in [0.3, 0.4) is 0 Å². The van der Waals surface area contributed by atoms with Gasteiger partial charge in [0.25, 0.3) is 0 Å². The first-order valence-corrected chi connectivity index (χ1v) is 4.92. The number of aromatic nitrogens is 2. The molecule has 1 saturated heterocycles. The molecule has 0 unspecified atom stereocenters. The predicted octanol–water partition coefficient (Wildman–Crippen LogP) is 0.683. The van der Waals surface area contributed by atoms with E-state index < -0.39 is 0 Å². The number of nitrogens with one attached hydrogen (secondary N) is 1. The van der Waals surface area contributed by atoms with Gasteiger partial charge in [0.05, 0.1) is 0 Å². The van der Waals surface area contributed by atoms with Gasteiger partial charge in [-0.3, -0.25) is 0 Å². The van der Waals surface area contributed by atoms with Crippen LogP contribution in [0.1, 0.15) is 30.5 Å². The van der Waals surface area contributed by atoms with Crippen LogP contribution in [0.25, 0.3) is 0 Å². The highest BCUT2D eigenvalue weighted by Gasteiger charge is 2.20. The number of hydrogen-bond acceptors (Lipinski definition) is 5. The summed E-state index contributed by atoms with van der Waals surface area (Å²) < 4.78 is 10.4. The van der Waals surface area contributed by atoms with Crippen molar-refractivity contribution in [3.05, 3.63) is 11.8 Å². The van der Waals surface area contributed by atoms with Crippen molar-refractivity contribution in [1.29, 1.82) is 0 Å². The van der Waals surface area contributed by atoms with Gasteiger partial charge < -0.3 is 14.5 Å². The van der Waals surface area contributed by atoms with Crippen LogP contribution in [0, 0.1) is 0 Å². The van der Waals surface area contributed by atoms with E-state index in [1.54, 1.807) is 7.11 Å². The lowest BCUT2D eigenvalue weighted by Crippen LogP contribution is -2.26. The summed E-state index contributed by atoms with van der Waals surface area (Å²) in [5.74, 6) is 1.76. The molecule has 0 amide bonds. The number of ether oxygens (including phenoxy) is 1. The lowest BCUT2D eigenvalue weighted by atomic mass is 9.98. The minimum atomic E-state index is 0.401. The molecule has 1 aliphatic rings. The van der Waals surface area contributed by atoms with Gasteiger partial charge in [0, 0.05) is 13.0 Å². The van der Waals surface area contributed by atoms with Gasteiger partial charge in [-0.05, 0) is 25.9 Å². The molecule has 1 aliphatic heterocycles. The fourth-order valence-corrected chi connectivity index (χ4v) is 1.68. The van der Waals surface area contributed by atoms with Gasteiger partial charge in [0.15, 0.2) is 0 Å². The first-order chi connectivity index (χ1) is 6.90. The molecule has 2 rings (SSSR count). The Kier molecular flexibility index (Phi) is 3.10. The Labute approximate surface area is 82.8 Å². The third-order valence-electron chi connectivity index (χ3n) is 2.44. The van der Waals surface area contributed by atoms with Crippen LogP contribution in [-0.2, 0) is 11.3 Å². The SMILES string of the molecule is COCc1nnc(C2CCNCC2)o1. The highest BCUT2D eigenvalue weighted by Crippen LogP contribution is 2.23. The van der Waals surface area contributed by atoms with Crippen LogP contribution >= 0.6 is 0 Å². The van der Waals surface area contributed by atoms with E-state index in [1.807, 2.05) is 0 Å². The Morgan fingerprint density at radius 3 is 2.93 bits per heavy atom. The summed E-state index contributed by atoms with van der Waals surface area (Å²) in [6.45, 7) is 2.47. The summed E-state index contributed by atoms with van der Waals surface area (Å²) in [5.41, 5.74) is 0. The largest absolute Gasteiger partial charge is 0.422 e. The molecule has 0 bridgehead atoms. The van der Waals surface area contributed by atoms with Crippen molar-refractivity contribution < 1.29 is 9.15 Å². The van der Waals surface area contributed by atoms with Crippen LogP contribution in [0.15, 0.2) is 4.42 Å². The molecule has 5 heteroatoms. The van der Waals surface area contributed by atoms with Crippen LogP contribution < -0.4 is 5.32 Å². The monoisotopic (exact) mass is 197 g/mol. The first-order valence-electron chi connectivity index (χ1n) is 4.92. The zero-order valence-electron chi connectivity index (χ0n) is 8.32. The van der Waals surface area contributed by atoms with E-state index in [0.717, 1.165) is 31.8 Å². The second-order valence-electron chi connectivity index (χ2n) is 3.49. The summed E-state index contributed by atoms with van der Waals surface area (Å²) in [6.07, 6.45) is 2.16. The second-order valence-corrected chi connectivity index (χ2v) is 3.49. The molecule has 0 radical (unpaired) electrons. The average molecular weight is 197 g/mol. The fourth-order valence-electron chi connectivity index (χ4n) is 1.68. The van der Waals surface area contributed by atoms with Crippen LogP contribution in [0.5, 0.6) is 0 Å². The Hall–Kier alpha value is -0.940. The quantitative estimate of drug-likeness (QED) is 0.772. The standard InChI is InChI=1S/C9H15N3O2/c1-13-6-8-11-12-9(14-8)7-2-4-10-5-3-7/h7,10H,2-6H2,1H3. The number of rotatable bonds is 3. The molecular weight excluding hydrogens is 182 g/mol. The Morgan fingerprint density at radius 1 is 1.43 bits per heavy atom. The summed E-state index contributed by atoms with van der Waals surface area (Å²) in [4.78, 5) is 0. The molecule has 0 aromatic carbocycles. The highest BCUT2D eigenvalue weighted by atomic mass is 16.5. The van der Waals surface area contributed by atoms with Gasteiger partial charge in [-0.1, -0.05) is 0 Å². The van der Waals surface area contributed by atoms with E-state index >= 15 is 0 Å². The zero-order valence-corrected chi connectivity index (χ0v) is 8.32. The van der Waals surface area contributed by atoms with Crippen molar-refractivity contribution in [1.82, 2.24) is 15.5 Å². The number of piperidine rings is 1. The van der Waals surface area contributed by atoms with E-state index in [0.29, 0.717) is 18.4 Å². The summed E-state index contributed by atoms with van der Waals surface area (Å²) >= 11 is 0. The normalized spacial score (nSPS) is 18.6. The molecule has 5 nitrogen and oxygen atoms in total. The molecular formula is C9H15N3O2. The summed E-state index contributed by atoms with van der Waals surface area (Å²) in [7, 11) is 1.62. The van der Waals surface area contributed by atoms with Gasteiger partial charge in [0.1, 0.15) is 6.61 Å². The molecule has 0 saturated carbocycles. The lowest BCUT2D eigenvalue weighted by molar-refractivity contribution is 0.156. The molecule has 1 fully saturated rings. The highest BCUT2D eigenvalue weighted by molar-refractivity contribution is 4.93. The maximum atomic E-state index is 5.49. The van der Waals surface area contributed by atoms with E-state index in [2.05, 4.69) is 15.5 Å². The molecule has 0 atom stereocenters. The third-order valence-corrected chi connectivity index (χ3v) is 2.44. The predicted molar refractivity (Wildman–Crippen MR) is 49.9 cm³/mol. The maximum Gasteiger partial charge on any atom is 0.242 e. The first kappa shape index (κ1) is 9.61. The summed E-state index contributed by atoms with van der Waals surface area (Å²) in [6, 6.07) is 0. The zero-order chi connectivity index (χ0) is 9.80. The average Bonchev–Trinajstić information content (AvgIpc) is 2.68. The smallest absolute Gasteiger partial charge is 0.242 e. The van der Waals surface area contributed by atoms with Gasteiger partial charge in [0.2, 0.25) is 11.8 Å². The van der Waals surface area contributed by atoms with Crippen molar-refractivity contribution in [2.24, 2.45) is 0 Å². The molecule has 0 spiro atoms. The number of methoxy groups -OCH3 is 1. The third kappa shape index (κ3) is 2.10. The van der Waals surface area contributed by atoms with Gasteiger partial charge >= 0.3 is 0 Å². The van der Waals surface area contributed by atoms with E-state index in [4.69, 9.17) is 9.15 Å². The minimum Gasteiger partial charge on any atom is -0.422 e. The van der Waals surface area contributed by atoms with E-state index in [1.165, 1.54) is 0 Å². The molecule has 1 aromatic rings. The van der Waals surface area contributed by atoms with Crippen molar-refractivity contribution in [2.75, 3.05) is 20.2 Å². The van der Waals surface area contributed by atoms with E-state index in [-0.39, 0.29) is 0 Å². The molecule has 1 aromatic heterocycles. The minimum absolute atomic E-state index is 0.401. The Bertz CT molecular complexity index is 281. The van der Waals surface area contributed by atoms with Gasteiger partial charge in [-0.25, -0.2) is 0 Å². The molecule has 2 heterocycles. The number of hydrogen-bond donors (Lipinski definition) is 1. The fraction of sp³-hybridized carbons (Fsp3) is 0.778. The van der Waals surface area contributed by atoms with Crippen molar-refractivity contribution in [3.8, 4) is 0 Å². The van der Waals surface area contributed by atoms with Gasteiger partial charge in [-0.2, -0.15) is 0 Å². The summed E-state index contributed by atoms with van der Waals surface area (Å²) in [5, 5.41) is 11.3. The second kappa shape index (κ2) is 4.52. The van der Waals surface area contributed by atoms with Crippen LogP contribution in [0.2, 0.25) is 0 Å². The van der Waals surface area contributed by atoms with Crippen molar-refractivity contribution in [2.45, 2.75) is 25.4 Å². The maximum absolute atomic E-state index is 5.49. The molecule has 78 valence electrons. The topological polar surface area (TPSA) is 60.2 Å². The van der Waals surface area contributed by atoms with Crippen LogP contribution in [-0.4, -0.2) is 30.4 Å². The lowest BCUT2D eigenvalue weighted by Gasteiger charge is -2.18. The van der Waals surface area contributed by atoms with E-state index in [9.17, 15) is 0 Å². The molecule has 1 N–H and O–H groups in total. The Balaban J connectivity index is 2.00. The molecule has 14 heavy (non-hydrogen) atoms. The van der Waals surface area contributed by atoms with Crippen LogP contribution in [0.4, 0.5) is 0 Å². The Morgan fingerprint density at radius 2 is 2.21 bits per heavy atom. The molecule has 0 aliphatic carbocycles. The van der Waals surface area contributed by atoms with Crippen molar-refractivity contribution in [3.63, 3.8) is 0 Å². The van der Waals surface area contributed by atoms with Gasteiger partial charge in [-0.15, -0.1) is 10.2 Å². The number of nitrogens with zero attached hydrogens (tertiary/aromatic N) is 2.